The Bertz CT molecular complexity index is 973. The number of hydrazone groups is 1. The predicted octanol–water partition coefficient (Wildman–Crippen LogP) is 1.93. The van der Waals surface area contributed by atoms with Crippen molar-refractivity contribution in [3.8, 4) is 11.5 Å². The minimum atomic E-state index is -3.73. The molecule has 0 bridgehead atoms. The number of anilines is 1. The van der Waals surface area contributed by atoms with Gasteiger partial charge in [0, 0.05) is 5.56 Å². The van der Waals surface area contributed by atoms with E-state index in [1.54, 1.807) is 36.4 Å². The Morgan fingerprint density at radius 2 is 1.82 bits per heavy atom. The second-order valence-corrected chi connectivity index (χ2v) is 7.89. The quantitative estimate of drug-likeness (QED) is 0.535. The Labute approximate surface area is 164 Å². The van der Waals surface area contributed by atoms with Gasteiger partial charge in [0.25, 0.3) is 5.91 Å². The van der Waals surface area contributed by atoms with Gasteiger partial charge >= 0.3 is 0 Å². The molecule has 0 aliphatic rings. The molecule has 2 rings (SSSR count). The van der Waals surface area contributed by atoms with E-state index in [2.05, 4.69) is 10.5 Å². The van der Waals surface area contributed by atoms with Crippen molar-refractivity contribution in [3.05, 3.63) is 53.6 Å². The van der Waals surface area contributed by atoms with Gasteiger partial charge in [-0.3, -0.25) is 9.10 Å². The molecule has 0 saturated heterocycles. The van der Waals surface area contributed by atoms with E-state index in [1.807, 2.05) is 13.0 Å². The van der Waals surface area contributed by atoms with Crippen LogP contribution in [0.15, 0.2) is 47.6 Å². The van der Waals surface area contributed by atoms with Crippen LogP contribution >= 0.6 is 0 Å². The average Bonchev–Trinajstić information content (AvgIpc) is 2.65. The van der Waals surface area contributed by atoms with Gasteiger partial charge in [0.1, 0.15) is 18.0 Å². The first kappa shape index (κ1) is 21.2. The molecule has 0 aliphatic carbocycles. The van der Waals surface area contributed by atoms with Gasteiger partial charge in [-0.25, -0.2) is 13.8 Å². The molecule has 0 spiro atoms. The zero-order chi connectivity index (χ0) is 20.7. The third-order valence-corrected chi connectivity index (χ3v) is 4.95. The lowest BCUT2D eigenvalue weighted by molar-refractivity contribution is -0.119. The van der Waals surface area contributed by atoms with Gasteiger partial charge < -0.3 is 9.47 Å². The number of carbonyl (C=O) groups excluding carboxylic acids is 1. The minimum Gasteiger partial charge on any atom is -0.496 e. The van der Waals surface area contributed by atoms with E-state index in [0.717, 1.165) is 16.1 Å². The first-order valence-electron chi connectivity index (χ1n) is 8.33. The maximum Gasteiger partial charge on any atom is 0.260 e. The number of nitrogens with zero attached hydrogens (tertiary/aromatic N) is 2. The van der Waals surface area contributed by atoms with Crippen LogP contribution in [0.4, 0.5) is 5.69 Å². The van der Waals surface area contributed by atoms with Crippen molar-refractivity contribution in [2.75, 3.05) is 31.3 Å². The van der Waals surface area contributed by atoms with Crippen molar-refractivity contribution in [3.63, 3.8) is 0 Å². The number of ether oxygens (including phenoxy) is 2. The second kappa shape index (κ2) is 9.23. The fourth-order valence-electron chi connectivity index (χ4n) is 2.49. The van der Waals surface area contributed by atoms with Crippen molar-refractivity contribution >= 4 is 27.8 Å². The summed E-state index contributed by atoms with van der Waals surface area (Å²) < 4.78 is 35.9. The highest BCUT2D eigenvalue weighted by atomic mass is 32.2. The first-order valence-corrected chi connectivity index (χ1v) is 10.2. The smallest absolute Gasteiger partial charge is 0.260 e. The van der Waals surface area contributed by atoms with Crippen LogP contribution in [0.3, 0.4) is 0 Å². The third kappa shape index (κ3) is 5.46. The highest BCUT2D eigenvalue weighted by Gasteiger charge is 2.24. The summed E-state index contributed by atoms with van der Waals surface area (Å²) in [4.78, 5) is 12.3. The van der Waals surface area contributed by atoms with Crippen molar-refractivity contribution in [1.29, 1.82) is 0 Å². The second-order valence-electron chi connectivity index (χ2n) is 5.98. The zero-order valence-electron chi connectivity index (χ0n) is 16.2. The molecule has 1 N–H and O–H groups in total. The molecule has 0 radical (unpaired) electrons. The summed E-state index contributed by atoms with van der Waals surface area (Å²) in [5.41, 5.74) is 4.13. The molecule has 0 fully saturated rings. The third-order valence-electron chi connectivity index (χ3n) is 3.82. The highest BCUT2D eigenvalue weighted by molar-refractivity contribution is 7.92. The molecule has 0 heterocycles. The molecule has 0 aliphatic heterocycles. The van der Waals surface area contributed by atoms with Gasteiger partial charge in [-0.05, 0) is 36.8 Å². The molecular formula is C19H23N3O5S. The van der Waals surface area contributed by atoms with Crippen LogP contribution in [0.5, 0.6) is 11.5 Å². The van der Waals surface area contributed by atoms with E-state index in [0.29, 0.717) is 17.1 Å². The SMILES string of the molecule is COc1ccccc1/C=N\NC(=O)CN(c1cc(C)ccc1OC)S(C)(=O)=O. The molecule has 150 valence electrons. The molecule has 28 heavy (non-hydrogen) atoms. The number of hydrogen-bond acceptors (Lipinski definition) is 6. The Morgan fingerprint density at radius 1 is 1.14 bits per heavy atom. The lowest BCUT2D eigenvalue weighted by Gasteiger charge is -2.23. The van der Waals surface area contributed by atoms with Gasteiger partial charge in [-0.15, -0.1) is 0 Å². The maximum absolute atomic E-state index is 12.3. The largest absolute Gasteiger partial charge is 0.496 e. The number of aryl methyl sites for hydroxylation is 1. The number of nitrogens with one attached hydrogen (secondary N) is 1. The van der Waals surface area contributed by atoms with Crippen LogP contribution in [0.2, 0.25) is 0 Å². The molecule has 1 amide bonds. The predicted molar refractivity (Wildman–Crippen MR) is 109 cm³/mol. The van der Waals surface area contributed by atoms with Crippen molar-refractivity contribution in [2.45, 2.75) is 6.92 Å². The highest BCUT2D eigenvalue weighted by Crippen LogP contribution is 2.30. The molecule has 2 aromatic carbocycles. The fraction of sp³-hybridized carbons (Fsp3) is 0.263. The van der Waals surface area contributed by atoms with Crippen LogP contribution < -0.4 is 19.2 Å². The standard InChI is InChI=1S/C19H23N3O5S/c1-14-9-10-18(27-3)16(11-14)22(28(4,24)25)13-19(23)21-20-12-15-7-5-6-8-17(15)26-2/h5-12H,13H2,1-4H3,(H,21,23)/b20-12-. The summed E-state index contributed by atoms with van der Waals surface area (Å²) in [6, 6.07) is 12.2. The van der Waals surface area contributed by atoms with E-state index in [9.17, 15) is 13.2 Å². The van der Waals surface area contributed by atoms with E-state index in [1.165, 1.54) is 20.4 Å². The van der Waals surface area contributed by atoms with Crippen molar-refractivity contribution in [2.24, 2.45) is 5.10 Å². The zero-order valence-corrected chi connectivity index (χ0v) is 17.0. The summed E-state index contributed by atoms with van der Waals surface area (Å²) in [7, 11) is -0.761. The number of rotatable bonds is 8. The Hall–Kier alpha value is -3.07. The molecule has 2 aromatic rings. The summed E-state index contributed by atoms with van der Waals surface area (Å²) in [6.07, 6.45) is 2.45. The van der Waals surface area contributed by atoms with Crippen molar-refractivity contribution in [1.82, 2.24) is 5.43 Å². The lowest BCUT2D eigenvalue weighted by Crippen LogP contribution is -2.39. The molecule has 0 unspecified atom stereocenters. The van der Waals surface area contributed by atoms with Gasteiger partial charge in [0.15, 0.2) is 0 Å². The van der Waals surface area contributed by atoms with Gasteiger partial charge in [0.2, 0.25) is 10.0 Å². The number of hydrogen-bond donors (Lipinski definition) is 1. The first-order chi connectivity index (χ1) is 13.3. The van der Waals surface area contributed by atoms with Gasteiger partial charge in [0.05, 0.1) is 32.4 Å². The van der Waals surface area contributed by atoms with Crippen LogP contribution in [0.25, 0.3) is 0 Å². The average molecular weight is 405 g/mol. The summed E-state index contributed by atoms with van der Waals surface area (Å²) >= 11 is 0. The van der Waals surface area contributed by atoms with E-state index in [-0.39, 0.29) is 5.69 Å². The van der Waals surface area contributed by atoms with E-state index < -0.39 is 22.5 Å². The van der Waals surface area contributed by atoms with Gasteiger partial charge in [-0.2, -0.15) is 5.10 Å². The fourth-order valence-corrected chi connectivity index (χ4v) is 3.34. The van der Waals surface area contributed by atoms with E-state index in [4.69, 9.17) is 9.47 Å². The molecule has 0 saturated carbocycles. The number of para-hydroxylation sites is 1. The molecular weight excluding hydrogens is 382 g/mol. The van der Waals surface area contributed by atoms with Crippen LogP contribution in [-0.4, -0.2) is 47.6 Å². The van der Waals surface area contributed by atoms with Crippen LogP contribution in [0, 0.1) is 6.92 Å². The molecule has 8 nitrogen and oxygen atoms in total. The van der Waals surface area contributed by atoms with Crippen molar-refractivity contribution < 1.29 is 22.7 Å². The topological polar surface area (TPSA) is 97.3 Å². The number of carbonyl (C=O) groups is 1. The minimum absolute atomic E-state index is 0.286. The summed E-state index contributed by atoms with van der Waals surface area (Å²) in [6.45, 7) is 1.38. The van der Waals surface area contributed by atoms with E-state index >= 15 is 0 Å². The Balaban J connectivity index is 2.19. The lowest BCUT2D eigenvalue weighted by atomic mass is 10.2. The normalized spacial score (nSPS) is 11.3. The maximum atomic E-state index is 12.3. The summed E-state index contributed by atoms with van der Waals surface area (Å²) in [5, 5.41) is 3.88. The number of benzene rings is 2. The molecule has 0 aromatic heterocycles. The number of methoxy groups -OCH3 is 2. The van der Waals surface area contributed by atoms with Crippen LogP contribution in [-0.2, 0) is 14.8 Å². The van der Waals surface area contributed by atoms with Gasteiger partial charge in [-0.1, -0.05) is 18.2 Å². The Kier molecular flexibility index (Phi) is 7.00. The summed E-state index contributed by atoms with van der Waals surface area (Å²) in [5.74, 6) is 0.351. The monoisotopic (exact) mass is 405 g/mol. The van der Waals surface area contributed by atoms with Crippen LogP contribution in [0.1, 0.15) is 11.1 Å². The number of amides is 1. The number of sulfonamides is 1. The molecule has 9 heteroatoms. The Morgan fingerprint density at radius 3 is 2.46 bits per heavy atom. The molecule has 0 atom stereocenters.